The maximum absolute atomic E-state index is 12.3. The molecule has 0 aliphatic carbocycles. The van der Waals surface area contributed by atoms with Crippen LogP contribution in [0.2, 0.25) is 5.02 Å². The first-order chi connectivity index (χ1) is 8.60. The van der Waals surface area contributed by atoms with Gasteiger partial charge in [0.15, 0.2) is 0 Å². The Morgan fingerprint density at radius 2 is 1.95 bits per heavy atom. The second kappa shape index (κ2) is 5.66. The second-order valence-electron chi connectivity index (χ2n) is 5.11. The van der Waals surface area contributed by atoms with E-state index in [1.54, 1.807) is 20.8 Å². The highest BCUT2D eigenvalue weighted by molar-refractivity contribution is 7.89. The number of sulfonamides is 1. The van der Waals surface area contributed by atoms with E-state index < -0.39 is 15.6 Å². The molecule has 0 aliphatic rings. The predicted octanol–water partition coefficient (Wildman–Crippen LogP) is 1.92. The third kappa shape index (κ3) is 4.07. The molecule has 0 radical (unpaired) electrons. The minimum atomic E-state index is -3.79. The molecule has 5 nitrogen and oxygen atoms in total. The molecule has 1 aromatic rings. The van der Waals surface area contributed by atoms with Gasteiger partial charge in [0.25, 0.3) is 0 Å². The van der Waals surface area contributed by atoms with Gasteiger partial charge in [0.2, 0.25) is 10.0 Å². The summed E-state index contributed by atoms with van der Waals surface area (Å²) in [4.78, 5) is -0.0820. The van der Waals surface area contributed by atoms with Crippen LogP contribution >= 0.6 is 11.6 Å². The van der Waals surface area contributed by atoms with Crippen LogP contribution in [0, 0.1) is 0 Å². The highest BCUT2D eigenvalue weighted by Gasteiger charge is 2.27. The Labute approximate surface area is 118 Å². The van der Waals surface area contributed by atoms with Crippen LogP contribution in [0.1, 0.15) is 26.3 Å². The molecule has 0 heterocycles. The van der Waals surface area contributed by atoms with E-state index in [0.717, 1.165) is 0 Å². The lowest BCUT2D eigenvalue weighted by atomic mass is 10.1. The lowest BCUT2D eigenvalue weighted by Gasteiger charge is -2.22. The molecule has 108 valence electrons. The van der Waals surface area contributed by atoms with E-state index in [4.69, 9.17) is 16.3 Å². The van der Waals surface area contributed by atoms with E-state index >= 15 is 0 Å². The highest BCUT2D eigenvalue weighted by Crippen LogP contribution is 2.32. The molecule has 0 unspecified atom stereocenters. The van der Waals surface area contributed by atoms with Crippen molar-refractivity contribution in [2.45, 2.75) is 37.8 Å². The average molecular weight is 308 g/mol. The van der Waals surface area contributed by atoms with Gasteiger partial charge in [0.05, 0.1) is 13.7 Å². The third-order valence-electron chi connectivity index (χ3n) is 2.20. The van der Waals surface area contributed by atoms with E-state index in [1.165, 1.54) is 19.2 Å². The van der Waals surface area contributed by atoms with Gasteiger partial charge >= 0.3 is 0 Å². The number of benzene rings is 1. The van der Waals surface area contributed by atoms with Crippen molar-refractivity contribution in [3.8, 4) is 5.75 Å². The largest absolute Gasteiger partial charge is 0.495 e. The van der Waals surface area contributed by atoms with Crippen LogP contribution in [-0.2, 0) is 16.6 Å². The monoisotopic (exact) mass is 307 g/mol. The smallest absolute Gasteiger partial charge is 0.244 e. The van der Waals surface area contributed by atoms with Gasteiger partial charge in [-0.05, 0) is 32.9 Å². The maximum Gasteiger partial charge on any atom is 0.244 e. The van der Waals surface area contributed by atoms with E-state index in [9.17, 15) is 13.5 Å². The van der Waals surface area contributed by atoms with Crippen molar-refractivity contribution in [2.75, 3.05) is 7.11 Å². The fraction of sp³-hybridized carbons (Fsp3) is 0.500. The molecule has 0 bridgehead atoms. The molecule has 0 spiro atoms. The maximum atomic E-state index is 12.3. The summed E-state index contributed by atoms with van der Waals surface area (Å²) in [6, 6.07) is 2.77. The summed E-state index contributed by atoms with van der Waals surface area (Å²) in [6.45, 7) is 4.83. The Bertz CT molecular complexity index is 564. The minimum Gasteiger partial charge on any atom is -0.495 e. The van der Waals surface area contributed by atoms with Gasteiger partial charge in [0.1, 0.15) is 10.6 Å². The normalized spacial score (nSPS) is 12.5. The first-order valence-electron chi connectivity index (χ1n) is 5.62. The molecule has 0 saturated heterocycles. The van der Waals surface area contributed by atoms with Crippen molar-refractivity contribution in [1.82, 2.24) is 4.72 Å². The quantitative estimate of drug-likeness (QED) is 0.891. The molecule has 19 heavy (non-hydrogen) atoms. The van der Waals surface area contributed by atoms with E-state index in [-0.39, 0.29) is 22.3 Å². The Kier molecular flexibility index (Phi) is 4.84. The molecule has 7 heteroatoms. The Morgan fingerprint density at radius 1 is 1.37 bits per heavy atom. The molecule has 1 aromatic carbocycles. The Hall–Kier alpha value is -0.820. The topological polar surface area (TPSA) is 75.6 Å². The number of nitrogens with one attached hydrogen (secondary N) is 1. The van der Waals surface area contributed by atoms with Gasteiger partial charge < -0.3 is 9.84 Å². The lowest BCUT2D eigenvalue weighted by Crippen LogP contribution is -2.40. The number of halogens is 1. The zero-order valence-electron chi connectivity index (χ0n) is 11.3. The summed E-state index contributed by atoms with van der Waals surface area (Å²) >= 11 is 5.88. The molecule has 0 aliphatic heterocycles. The van der Waals surface area contributed by atoms with Crippen molar-refractivity contribution >= 4 is 21.6 Å². The molecule has 0 atom stereocenters. The third-order valence-corrected chi connectivity index (χ3v) is 4.18. The number of rotatable bonds is 4. The van der Waals surface area contributed by atoms with Crippen molar-refractivity contribution in [3.63, 3.8) is 0 Å². The number of aliphatic hydroxyl groups is 1. The van der Waals surface area contributed by atoms with Crippen LogP contribution in [0.3, 0.4) is 0 Å². The molecule has 0 saturated carbocycles. The molecular weight excluding hydrogens is 290 g/mol. The molecule has 0 aromatic heterocycles. The summed E-state index contributed by atoms with van der Waals surface area (Å²) in [6.07, 6.45) is 0. The second-order valence-corrected chi connectivity index (χ2v) is 7.20. The van der Waals surface area contributed by atoms with E-state index in [1.807, 2.05) is 0 Å². The lowest BCUT2D eigenvalue weighted by molar-refractivity contribution is 0.272. The van der Waals surface area contributed by atoms with Crippen LogP contribution in [0.4, 0.5) is 0 Å². The Balaban J connectivity index is 3.45. The first-order valence-corrected chi connectivity index (χ1v) is 7.48. The molecule has 0 amide bonds. The average Bonchev–Trinajstić information content (AvgIpc) is 2.24. The van der Waals surface area contributed by atoms with Crippen LogP contribution < -0.4 is 9.46 Å². The zero-order chi connectivity index (χ0) is 14.8. The SMILES string of the molecule is COc1c(CO)cc(Cl)cc1S(=O)(=O)NC(C)(C)C. The Morgan fingerprint density at radius 3 is 2.37 bits per heavy atom. The van der Waals surface area contributed by atoms with Gasteiger partial charge in [-0.25, -0.2) is 13.1 Å². The number of methoxy groups -OCH3 is 1. The van der Waals surface area contributed by atoms with Gasteiger partial charge in [-0.15, -0.1) is 0 Å². The fourth-order valence-corrected chi connectivity index (χ4v) is 3.59. The highest BCUT2D eigenvalue weighted by atomic mass is 35.5. The summed E-state index contributed by atoms with van der Waals surface area (Å²) in [5.74, 6) is 0.101. The zero-order valence-corrected chi connectivity index (χ0v) is 12.9. The molecular formula is C12H18ClNO4S. The van der Waals surface area contributed by atoms with Crippen molar-refractivity contribution in [1.29, 1.82) is 0 Å². The minimum absolute atomic E-state index is 0.0820. The van der Waals surface area contributed by atoms with Crippen LogP contribution in [0.15, 0.2) is 17.0 Å². The molecule has 0 fully saturated rings. The fourth-order valence-electron chi connectivity index (χ4n) is 1.63. The van der Waals surface area contributed by atoms with Gasteiger partial charge in [-0.1, -0.05) is 11.6 Å². The molecule has 2 N–H and O–H groups in total. The van der Waals surface area contributed by atoms with Gasteiger partial charge in [-0.2, -0.15) is 0 Å². The molecule has 1 rings (SSSR count). The van der Waals surface area contributed by atoms with Crippen molar-refractivity contribution < 1.29 is 18.3 Å². The number of aliphatic hydroxyl groups excluding tert-OH is 1. The van der Waals surface area contributed by atoms with Crippen LogP contribution in [0.25, 0.3) is 0 Å². The first kappa shape index (κ1) is 16.2. The number of hydrogen-bond donors (Lipinski definition) is 2. The van der Waals surface area contributed by atoms with Gasteiger partial charge in [0, 0.05) is 16.1 Å². The number of ether oxygens (including phenoxy) is 1. The van der Waals surface area contributed by atoms with Crippen molar-refractivity contribution in [2.24, 2.45) is 0 Å². The summed E-state index contributed by atoms with van der Waals surface area (Å²) in [5, 5.41) is 9.46. The summed E-state index contributed by atoms with van der Waals surface area (Å²) in [5.41, 5.74) is -0.310. The van der Waals surface area contributed by atoms with Crippen molar-refractivity contribution in [3.05, 3.63) is 22.7 Å². The number of hydrogen-bond acceptors (Lipinski definition) is 4. The summed E-state index contributed by atoms with van der Waals surface area (Å²) in [7, 11) is -2.44. The van der Waals surface area contributed by atoms with Crippen LogP contribution in [0.5, 0.6) is 5.75 Å². The van der Waals surface area contributed by atoms with Crippen LogP contribution in [-0.4, -0.2) is 26.2 Å². The van der Waals surface area contributed by atoms with E-state index in [2.05, 4.69) is 4.72 Å². The summed E-state index contributed by atoms with van der Waals surface area (Å²) < 4.78 is 32.2. The standard InChI is InChI=1S/C12H18ClNO4S/c1-12(2,3)14-19(16,17)10-6-9(13)5-8(7-15)11(10)18-4/h5-6,14-15H,7H2,1-4H3. The van der Waals surface area contributed by atoms with E-state index in [0.29, 0.717) is 5.56 Å². The predicted molar refractivity (Wildman–Crippen MR) is 74.0 cm³/mol. The van der Waals surface area contributed by atoms with Gasteiger partial charge in [-0.3, -0.25) is 0 Å².